The molecule has 0 aromatic heterocycles. The fourth-order valence-corrected chi connectivity index (χ4v) is 2.57. The first-order valence-electron chi connectivity index (χ1n) is 5.34. The molecule has 0 fully saturated rings. The number of nitrogens with one attached hydrogen (secondary N) is 1. The smallest absolute Gasteiger partial charge is 0.232 e. The highest BCUT2D eigenvalue weighted by Gasteiger charge is 2.10. The molecule has 0 atom stereocenters. The van der Waals surface area contributed by atoms with E-state index in [-0.39, 0.29) is 10.7 Å². The Kier molecular flexibility index (Phi) is 5.52. The SMILES string of the molecule is COCCCS(=O)(=O)Nc1cccc(C(N)=S)c1. The molecule has 5 nitrogen and oxygen atoms in total. The van der Waals surface area contributed by atoms with Gasteiger partial charge < -0.3 is 10.5 Å². The molecule has 1 rings (SSSR count). The highest BCUT2D eigenvalue weighted by Crippen LogP contribution is 2.12. The van der Waals surface area contributed by atoms with E-state index in [1.807, 2.05) is 0 Å². The standard InChI is InChI=1S/C11H16N2O3S2/c1-16-6-3-7-18(14,15)13-10-5-2-4-9(8-10)11(12)17/h2,4-5,8,13H,3,6-7H2,1H3,(H2,12,17). The molecule has 3 N–H and O–H groups in total. The van der Waals surface area contributed by atoms with E-state index in [9.17, 15) is 8.42 Å². The van der Waals surface area contributed by atoms with Crippen LogP contribution < -0.4 is 10.5 Å². The van der Waals surface area contributed by atoms with Crippen LogP contribution in [0.25, 0.3) is 0 Å². The van der Waals surface area contributed by atoms with Crippen LogP contribution in [0.4, 0.5) is 5.69 Å². The lowest BCUT2D eigenvalue weighted by molar-refractivity contribution is 0.199. The third kappa shape index (κ3) is 4.99. The lowest BCUT2D eigenvalue weighted by Crippen LogP contribution is -2.18. The predicted octanol–water partition coefficient (Wildman–Crippen LogP) is 1.10. The molecular formula is C11H16N2O3S2. The highest BCUT2D eigenvalue weighted by molar-refractivity contribution is 7.92. The summed E-state index contributed by atoms with van der Waals surface area (Å²) in [6, 6.07) is 6.68. The molecule has 0 aliphatic carbocycles. The molecule has 0 unspecified atom stereocenters. The maximum atomic E-state index is 11.7. The normalized spacial score (nSPS) is 11.2. The van der Waals surface area contributed by atoms with Crippen LogP contribution in [0.5, 0.6) is 0 Å². The Morgan fingerprint density at radius 1 is 1.50 bits per heavy atom. The summed E-state index contributed by atoms with van der Waals surface area (Å²) in [5.41, 5.74) is 6.57. The van der Waals surface area contributed by atoms with E-state index < -0.39 is 10.0 Å². The second kappa shape index (κ2) is 6.67. The third-order valence-corrected chi connectivity index (χ3v) is 3.79. The molecule has 1 aromatic carbocycles. The van der Waals surface area contributed by atoms with Crippen LogP contribution in [0, 0.1) is 0 Å². The minimum Gasteiger partial charge on any atom is -0.389 e. The number of rotatable bonds is 7. The van der Waals surface area contributed by atoms with Crippen molar-refractivity contribution in [1.82, 2.24) is 0 Å². The topological polar surface area (TPSA) is 81.4 Å². The minimum atomic E-state index is -3.36. The number of methoxy groups -OCH3 is 1. The van der Waals surface area contributed by atoms with Crippen LogP contribution in [0.15, 0.2) is 24.3 Å². The van der Waals surface area contributed by atoms with Crippen molar-refractivity contribution in [2.75, 3.05) is 24.2 Å². The minimum absolute atomic E-state index is 0.0120. The number of benzene rings is 1. The maximum absolute atomic E-state index is 11.7. The Labute approximate surface area is 112 Å². The highest BCUT2D eigenvalue weighted by atomic mass is 32.2. The van der Waals surface area contributed by atoms with Gasteiger partial charge in [0.05, 0.1) is 5.75 Å². The van der Waals surface area contributed by atoms with Crippen molar-refractivity contribution in [3.8, 4) is 0 Å². The Morgan fingerprint density at radius 2 is 2.22 bits per heavy atom. The second-order valence-electron chi connectivity index (χ2n) is 3.71. The molecule has 0 bridgehead atoms. The lowest BCUT2D eigenvalue weighted by atomic mass is 10.2. The summed E-state index contributed by atoms with van der Waals surface area (Å²) in [6.07, 6.45) is 0.445. The molecule has 0 heterocycles. The quantitative estimate of drug-likeness (QED) is 0.580. The van der Waals surface area contributed by atoms with Gasteiger partial charge in [-0.05, 0) is 18.6 Å². The summed E-state index contributed by atoms with van der Waals surface area (Å²) in [7, 11) is -1.83. The molecule has 0 amide bonds. The lowest BCUT2D eigenvalue weighted by Gasteiger charge is -2.08. The fraction of sp³-hybridized carbons (Fsp3) is 0.364. The monoisotopic (exact) mass is 288 g/mol. The number of anilines is 1. The van der Waals surface area contributed by atoms with Crippen LogP contribution in [0.2, 0.25) is 0 Å². The second-order valence-corrected chi connectivity index (χ2v) is 5.99. The molecule has 0 aliphatic rings. The fourth-order valence-electron chi connectivity index (χ4n) is 1.36. The van der Waals surface area contributed by atoms with Crippen molar-refractivity contribution < 1.29 is 13.2 Å². The first kappa shape index (κ1) is 14.9. The Bertz CT molecular complexity index is 515. The van der Waals surface area contributed by atoms with Crippen LogP contribution >= 0.6 is 12.2 Å². The Hall–Kier alpha value is -1.18. The van der Waals surface area contributed by atoms with Gasteiger partial charge in [0.2, 0.25) is 10.0 Å². The van der Waals surface area contributed by atoms with E-state index in [1.54, 1.807) is 24.3 Å². The van der Waals surface area contributed by atoms with Gasteiger partial charge in [-0.25, -0.2) is 8.42 Å². The largest absolute Gasteiger partial charge is 0.389 e. The Morgan fingerprint density at radius 3 is 2.83 bits per heavy atom. The molecule has 100 valence electrons. The Balaban J connectivity index is 2.72. The van der Waals surface area contributed by atoms with Crippen LogP contribution in [-0.4, -0.2) is 32.9 Å². The molecule has 0 radical (unpaired) electrons. The van der Waals surface area contributed by atoms with E-state index in [0.717, 1.165) is 0 Å². The summed E-state index contributed by atoms with van der Waals surface area (Å²) in [5.74, 6) is 0.0120. The van der Waals surface area contributed by atoms with Gasteiger partial charge in [-0.1, -0.05) is 24.4 Å². The van der Waals surface area contributed by atoms with Crippen LogP contribution in [-0.2, 0) is 14.8 Å². The summed E-state index contributed by atoms with van der Waals surface area (Å²) in [4.78, 5) is 0.232. The third-order valence-electron chi connectivity index (χ3n) is 2.18. The van der Waals surface area contributed by atoms with Gasteiger partial charge in [-0.15, -0.1) is 0 Å². The molecule has 0 aliphatic heterocycles. The number of nitrogens with two attached hydrogens (primary N) is 1. The summed E-state index contributed by atoms with van der Waals surface area (Å²) in [5, 5.41) is 0. The van der Waals surface area contributed by atoms with Crippen LogP contribution in [0.1, 0.15) is 12.0 Å². The average Bonchev–Trinajstić information content (AvgIpc) is 2.28. The van der Waals surface area contributed by atoms with Crippen molar-refractivity contribution in [3.63, 3.8) is 0 Å². The zero-order valence-electron chi connectivity index (χ0n) is 10.0. The van der Waals surface area contributed by atoms with Crippen molar-refractivity contribution >= 4 is 32.9 Å². The van der Waals surface area contributed by atoms with E-state index >= 15 is 0 Å². The van der Waals surface area contributed by atoms with Crippen LogP contribution in [0.3, 0.4) is 0 Å². The van der Waals surface area contributed by atoms with Crippen molar-refractivity contribution in [1.29, 1.82) is 0 Å². The van der Waals surface area contributed by atoms with Gasteiger partial charge in [0.15, 0.2) is 0 Å². The zero-order chi connectivity index (χ0) is 13.6. The van der Waals surface area contributed by atoms with Gasteiger partial charge in [0.1, 0.15) is 4.99 Å². The van der Waals surface area contributed by atoms with E-state index in [1.165, 1.54) is 7.11 Å². The number of thiocarbonyl (C=S) groups is 1. The van der Waals surface area contributed by atoms with Gasteiger partial charge in [0, 0.05) is 25.0 Å². The van der Waals surface area contributed by atoms with Gasteiger partial charge in [-0.2, -0.15) is 0 Å². The molecule has 18 heavy (non-hydrogen) atoms. The maximum Gasteiger partial charge on any atom is 0.232 e. The van der Waals surface area contributed by atoms with Gasteiger partial charge >= 0.3 is 0 Å². The van der Waals surface area contributed by atoms with Crippen molar-refractivity contribution in [2.24, 2.45) is 5.73 Å². The average molecular weight is 288 g/mol. The number of hydrogen-bond donors (Lipinski definition) is 2. The van der Waals surface area contributed by atoms with Gasteiger partial charge in [-0.3, -0.25) is 4.72 Å². The number of sulfonamides is 1. The van der Waals surface area contributed by atoms with Crippen molar-refractivity contribution in [2.45, 2.75) is 6.42 Å². The molecule has 0 saturated carbocycles. The molecule has 0 saturated heterocycles. The van der Waals surface area contributed by atoms with Crippen molar-refractivity contribution in [3.05, 3.63) is 29.8 Å². The van der Waals surface area contributed by atoms with E-state index in [2.05, 4.69) is 4.72 Å². The summed E-state index contributed by atoms with van der Waals surface area (Å²) < 4.78 is 30.7. The van der Waals surface area contributed by atoms with E-state index in [4.69, 9.17) is 22.7 Å². The predicted molar refractivity (Wildman–Crippen MR) is 76.2 cm³/mol. The zero-order valence-corrected chi connectivity index (χ0v) is 11.7. The molecule has 1 aromatic rings. The summed E-state index contributed by atoms with van der Waals surface area (Å²) in [6.45, 7) is 0.411. The van der Waals surface area contributed by atoms with Gasteiger partial charge in [0.25, 0.3) is 0 Å². The molecular weight excluding hydrogens is 272 g/mol. The number of ether oxygens (including phenoxy) is 1. The summed E-state index contributed by atoms with van der Waals surface area (Å²) >= 11 is 4.83. The molecule has 7 heteroatoms. The first-order chi connectivity index (χ1) is 8.44. The number of hydrogen-bond acceptors (Lipinski definition) is 4. The molecule has 0 spiro atoms. The van der Waals surface area contributed by atoms with E-state index in [0.29, 0.717) is 24.3 Å². The first-order valence-corrected chi connectivity index (χ1v) is 7.40.